The first-order valence-electron chi connectivity index (χ1n) is 5.27. The fourth-order valence-electron chi connectivity index (χ4n) is 1.36. The van der Waals surface area contributed by atoms with E-state index in [0.29, 0.717) is 12.2 Å². The summed E-state index contributed by atoms with van der Waals surface area (Å²) in [5, 5.41) is 0. The molecule has 0 N–H and O–H groups in total. The predicted molar refractivity (Wildman–Crippen MR) is 54.4 cm³/mol. The van der Waals surface area contributed by atoms with Crippen molar-refractivity contribution in [3.63, 3.8) is 0 Å². The molecular formula is C11H14N2O2. The number of nitrogens with zero attached hydrogens (tertiary/aromatic N) is 2. The number of hydrogen-bond acceptors (Lipinski definition) is 4. The van der Waals surface area contributed by atoms with Gasteiger partial charge in [-0.05, 0) is 25.7 Å². The quantitative estimate of drug-likeness (QED) is 0.702. The molecule has 0 atom stereocenters. The third-order valence-corrected chi connectivity index (χ3v) is 2.38. The summed E-state index contributed by atoms with van der Waals surface area (Å²) >= 11 is 0. The van der Waals surface area contributed by atoms with Gasteiger partial charge in [0.1, 0.15) is 5.82 Å². The highest BCUT2D eigenvalue weighted by atomic mass is 16.5. The number of rotatable bonds is 4. The van der Waals surface area contributed by atoms with E-state index in [1.165, 1.54) is 12.8 Å². The molecule has 0 unspecified atom stereocenters. The van der Waals surface area contributed by atoms with Crippen molar-refractivity contribution in [2.75, 3.05) is 6.61 Å². The lowest BCUT2D eigenvalue weighted by atomic mass is 10.2. The highest BCUT2D eigenvalue weighted by Crippen LogP contribution is 2.31. The summed E-state index contributed by atoms with van der Waals surface area (Å²) in [7, 11) is 0. The maximum absolute atomic E-state index is 11.3. The molecule has 1 saturated carbocycles. The average molecular weight is 206 g/mol. The highest BCUT2D eigenvalue weighted by Gasteiger charge is 2.22. The first-order valence-corrected chi connectivity index (χ1v) is 5.27. The number of hydrogen-bond donors (Lipinski definition) is 0. The number of ether oxygens (including phenoxy) is 1. The summed E-state index contributed by atoms with van der Waals surface area (Å²) in [6.07, 6.45) is 6.58. The van der Waals surface area contributed by atoms with E-state index in [-0.39, 0.29) is 5.97 Å². The second-order valence-corrected chi connectivity index (χ2v) is 3.76. The first-order chi connectivity index (χ1) is 7.29. The largest absolute Gasteiger partial charge is 0.462 e. The van der Waals surface area contributed by atoms with Crippen LogP contribution in [0.4, 0.5) is 0 Å². The minimum Gasteiger partial charge on any atom is -0.462 e. The lowest BCUT2D eigenvalue weighted by Gasteiger charge is -2.01. The first kappa shape index (κ1) is 10.1. The van der Waals surface area contributed by atoms with Crippen molar-refractivity contribution in [2.24, 2.45) is 5.92 Å². The Hall–Kier alpha value is -1.45. The molecule has 1 aliphatic carbocycles. The van der Waals surface area contributed by atoms with Crippen molar-refractivity contribution in [1.82, 2.24) is 9.97 Å². The summed E-state index contributed by atoms with van der Waals surface area (Å²) in [4.78, 5) is 19.6. The van der Waals surface area contributed by atoms with Crippen LogP contribution in [0.25, 0.3) is 0 Å². The molecule has 0 radical (unpaired) electrons. The van der Waals surface area contributed by atoms with Crippen LogP contribution < -0.4 is 0 Å². The van der Waals surface area contributed by atoms with Crippen LogP contribution in [0.2, 0.25) is 0 Å². The molecular weight excluding hydrogens is 192 g/mol. The van der Waals surface area contributed by atoms with E-state index in [1.54, 1.807) is 19.3 Å². The number of carbonyl (C=O) groups excluding carboxylic acids is 1. The lowest BCUT2D eigenvalue weighted by molar-refractivity contribution is 0.0525. The fourth-order valence-corrected chi connectivity index (χ4v) is 1.36. The van der Waals surface area contributed by atoms with Crippen molar-refractivity contribution < 1.29 is 9.53 Å². The van der Waals surface area contributed by atoms with E-state index in [9.17, 15) is 4.79 Å². The van der Waals surface area contributed by atoms with Gasteiger partial charge < -0.3 is 4.74 Å². The molecule has 0 saturated heterocycles. The van der Waals surface area contributed by atoms with Crippen LogP contribution in [-0.2, 0) is 11.2 Å². The standard InChI is InChI=1S/C11H14N2O2/c1-2-15-11(14)9-6-12-10(13-7-9)5-8-3-4-8/h6-8H,2-5H2,1H3. The van der Waals surface area contributed by atoms with Crippen molar-refractivity contribution in [1.29, 1.82) is 0 Å². The molecule has 0 aliphatic heterocycles. The molecule has 0 amide bonds. The Morgan fingerprint density at radius 3 is 2.67 bits per heavy atom. The summed E-state index contributed by atoms with van der Waals surface area (Å²) < 4.78 is 4.84. The fraction of sp³-hybridized carbons (Fsp3) is 0.545. The van der Waals surface area contributed by atoms with Crippen LogP contribution >= 0.6 is 0 Å². The second-order valence-electron chi connectivity index (χ2n) is 3.76. The van der Waals surface area contributed by atoms with E-state index in [4.69, 9.17) is 4.74 Å². The van der Waals surface area contributed by atoms with Crippen LogP contribution in [0.1, 0.15) is 35.9 Å². The second kappa shape index (κ2) is 4.38. The molecule has 4 heteroatoms. The predicted octanol–water partition coefficient (Wildman–Crippen LogP) is 1.61. The van der Waals surface area contributed by atoms with Gasteiger partial charge in [-0.3, -0.25) is 0 Å². The molecule has 2 rings (SSSR count). The summed E-state index contributed by atoms with van der Waals surface area (Å²) in [6.45, 7) is 2.16. The lowest BCUT2D eigenvalue weighted by Crippen LogP contribution is -2.07. The van der Waals surface area contributed by atoms with Gasteiger partial charge in [0.05, 0.1) is 12.2 Å². The van der Waals surface area contributed by atoms with Crippen LogP contribution in [-0.4, -0.2) is 22.5 Å². The van der Waals surface area contributed by atoms with Crippen molar-refractivity contribution in [3.8, 4) is 0 Å². The molecule has 0 bridgehead atoms. The third kappa shape index (κ3) is 2.75. The Morgan fingerprint density at radius 1 is 1.47 bits per heavy atom. The molecule has 0 spiro atoms. The van der Waals surface area contributed by atoms with Crippen molar-refractivity contribution in [2.45, 2.75) is 26.2 Å². The number of esters is 1. The van der Waals surface area contributed by atoms with Crippen LogP contribution in [0.3, 0.4) is 0 Å². The van der Waals surface area contributed by atoms with Gasteiger partial charge in [-0.2, -0.15) is 0 Å². The van der Waals surface area contributed by atoms with Gasteiger partial charge in [-0.25, -0.2) is 14.8 Å². The molecule has 4 nitrogen and oxygen atoms in total. The number of aromatic nitrogens is 2. The smallest absolute Gasteiger partial charge is 0.341 e. The monoisotopic (exact) mass is 206 g/mol. The summed E-state index contributed by atoms with van der Waals surface area (Å²) in [6, 6.07) is 0. The van der Waals surface area contributed by atoms with Gasteiger partial charge in [0.15, 0.2) is 0 Å². The SMILES string of the molecule is CCOC(=O)c1cnc(CC2CC2)nc1. The zero-order valence-electron chi connectivity index (χ0n) is 8.77. The van der Waals surface area contributed by atoms with Gasteiger partial charge in [-0.15, -0.1) is 0 Å². The molecule has 15 heavy (non-hydrogen) atoms. The third-order valence-electron chi connectivity index (χ3n) is 2.38. The van der Waals surface area contributed by atoms with Crippen molar-refractivity contribution >= 4 is 5.97 Å². The average Bonchev–Trinajstić information content (AvgIpc) is 3.03. The van der Waals surface area contributed by atoms with E-state index in [0.717, 1.165) is 18.2 Å². The van der Waals surface area contributed by atoms with Crippen LogP contribution in [0.15, 0.2) is 12.4 Å². The Kier molecular flexibility index (Phi) is 2.94. The molecule has 0 aromatic carbocycles. The van der Waals surface area contributed by atoms with E-state index in [2.05, 4.69) is 9.97 Å². The normalized spacial score (nSPS) is 15.0. The minimum atomic E-state index is -0.351. The van der Waals surface area contributed by atoms with E-state index < -0.39 is 0 Å². The minimum absolute atomic E-state index is 0.351. The zero-order valence-corrected chi connectivity index (χ0v) is 8.77. The Balaban J connectivity index is 1.99. The molecule has 80 valence electrons. The molecule has 1 fully saturated rings. The van der Waals surface area contributed by atoms with Gasteiger partial charge in [0, 0.05) is 18.8 Å². The topological polar surface area (TPSA) is 52.1 Å². The maximum atomic E-state index is 11.3. The summed E-state index contributed by atoms with van der Waals surface area (Å²) in [5.41, 5.74) is 0.427. The number of carbonyl (C=O) groups is 1. The summed E-state index contributed by atoms with van der Waals surface area (Å²) in [5.74, 6) is 1.24. The maximum Gasteiger partial charge on any atom is 0.341 e. The Morgan fingerprint density at radius 2 is 2.13 bits per heavy atom. The molecule has 1 aromatic heterocycles. The van der Waals surface area contributed by atoms with Gasteiger partial charge >= 0.3 is 5.97 Å². The van der Waals surface area contributed by atoms with E-state index >= 15 is 0 Å². The van der Waals surface area contributed by atoms with E-state index in [1.807, 2.05) is 0 Å². The van der Waals surface area contributed by atoms with Crippen LogP contribution in [0.5, 0.6) is 0 Å². The van der Waals surface area contributed by atoms with Gasteiger partial charge in [0.25, 0.3) is 0 Å². The molecule has 1 heterocycles. The molecule has 1 aliphatic rings. The van der Waals surface area contributed by atoms with Crippen molar-refractivity contribution in [3.05, 3.63) is 23.8 Å². The Bertz CT molecular complexity index is 344. The zero-order chi connectivity index (χ0) is 10.7. The van der Waals surface area contributed by atoms with Gasteiger partial charge in [0.2, 0.25) is 0 Å². The van der Waals surface area contributed by atoms with Crippen LogP contribution in [0, 0.1) is 5.92 Å². The molecule has 1 aromatic rings. The Labute approximate surface area is 88.7 Å². The highest BCUT2D eigenvalue weighted by molar-refractivity contribution is 5.88. The van der Waals surface area contributed by atoms with Gasteiger partial charge in [-0.1, -0.05) is 0 Å².